The molecule has 0 fully saturated rings. The lowest BCUT2D eigenvalue weighted by Crippen LogP contribution is -2.42. The molecule has 0 atom stereocenters. The minimum atomic E-state index is -0.373. The quantitative estimate of drug-likeness (QED) is 0.280. The van der Waals surface area contributed by atoms with Gasteiger partial charge in [0.25, 0.3) is 5.91 Å². The maximum atomic E-state index is 12.4. The van der Waals surface area contributed by atoms with Gasteiger partial charge in [-0.05, 0) is 28.7 Å². The summed E-state index contributed by atoms with van der Waals surface area (Å²) in [6.07, 6.45) is 0. The lowest BCUT2D eigenvalue weighted by Gasteiger charge is -2.19. The van der Waals surface area contributed by atoms with Gasteiger partial charge in [-0.15, -0.1) is 10.2 Å². The van der Waals surface area contributed by atoms with Crippen LogP contribution in [-0.4, -0.2) is 32.3 Å². The van der Waals surface area contributed by atoms with Crippen molar-refractivity contribution in [2.75, 3.05) is 5.75 Å². The largest absolute Gasteiger partial charge is 0.298 e. The number of amides is 2. The molecular weight excluding hydrogens is 470 g/mol. The molecule has 0 bridgehead atoms. The number of hydrazine groups is 1. The van der Waals surface area contributed by atoms with E-state index in [0.717, 1.165) is 17.0 Å². The van der Waals surface area contributed by atoms with Crippen LogP contribution in [0.4, 0.5) is 0 Å². The highest BCUT2D eigenvalue weighted by Gasteiger charge is 2.18. The molecule has 1 aromatic heterocycles. The molecule has 184 valence electrons. The Balaban J connectivity index is 1.49. The average molecular weight is 500 g/mol. The van der Waals surface area contributed by atoms with Crippen LogP contribution < -0.4 is 10.9 Å². The maximum absolute atomic E-state index is 12.4. The van der Waals surface area contributed by atoms with Crippen LogP contribution >= 0.6 is 11.8 Å². The fourth-order valence-corrected chi connectivity index (χ4v) is 4.33. The van der Waals surface area contributed by atoms with Crippen LogP contribution in [0, 0.1) is 0 Å². The molecule has 7 nitrogen and oxygen atoms in total. The molecule has 0 radical (unpaired) electrons. The number of nitrogens with one attached hydrogen (secondary N) is 2. The van der Waals surface area contributed by atoms with Crippen LogP contribution in [0.2, 0.25) is 0 Å². The monoisotopic (exact) mass is 499 g/mol. The molecular formula is C28H29N5O2S. The van der Waals surface area contributed by atoms with Crippen LogP contribution in [0.5, 0.6) is 0 Å². The standard InChI is InChI=1S/C28H29N5O2S/c1-28(2,3)23-16-14-21(15-17-23)25-30-32-27(33(25)18-20-10-6-4-7-11-20)36-19-24(34)29-31-26(35)22-12-8-5-9-13-22/h4-17H,18-19H2,1-3H3,(H,29,34)(H,31,35). The summed E-state index contributed by atoms with van der Waals surface area (Å²) >= 11 is 1.27. The maximum Gasteiger partial charge on any atom is 0.269 e. The van der Waals surface area contributed by atoms with Gasteiger partial charge in [-0.1, -0.05) is 105 Å². The van der Waals surface area contributed by atoms with Gasteiger partial charge in [-0.3, -0.25) is 25.0 Å². The van der Waals surface area contributed by atoms with Crippen LogP contribution in [0.25, 0.3) is 11.4 Å². The van der Waals surface area contributed by atoms with Crippen LogP contribution in [0.3, 0.4) is 0 Å². The molecule has 0 spiro atoms. The first kappa shape index (κ1) is 25.2. The number of carbonyl (C=O) groups excluding carboxylic acids is 2. The Kier molecular flexibility index (Phi) is 7.85. The van der Waals surface area contributed by atoms with E-state index < -0.39 is 0 Å². The van der Waals surface area contributed by atoms with E-state index in [0.29, 0.717) is 17.3 Å². The Morgan fingerprint density at radius 2 is 1.47 bits per heavy atom. The minimum Gasteiger partial charge on any atom is -0.298 e. The summed E-state index contributed by atoms with van der Waals surface area (Å²) in [4.78, 5) is 24.6. The molecule has 4 rings (SSSR count). The van der Waals surface area contributed by atoms with E-state index in [9.17, 15) is 9.59 Å². The van der Waals surface area contributed by atoms with E-state index in [2.05, 4.69) is 66.1 Å². The smallest absolute Gasteiger partial charge is 0.269 e. The minimum absolute atomic E-state index is 0.0561. The lowest BCUT2D eigenvalue weighted by atomic mass is 9.87. The van der Waals surface area contributed by atoms with Gasteiger partial charge in [0.15, 0.2) is 11.0 Å². The number of thioether (sulfide) groups is 1. The number of hydrogen-bond acceptors (Lipinski definition) is 5. The predicted molar refractivity (Wildman–Crippen MR) is 142 cm³/mol. The number of nitrogens with zero attached hydrogens (tertiary/aromatic N) is 3. The zero-order valence-corrected chi connectivity index (χ0v) is 21.4. The molecule has 1 heterocycles. The first-order valence-corrected chi connectivity index (χ1v) is 12.6. The van der Waals surface area contributed by atoms with E-state index >= 15 is 0 Å². The second-order valence-corrected chi connectivity index (χ2v) is 10.3. The van der Waals surface area contributed by atoms with Crippen LogP contribution in [0.15, 0.2) is 90.1 Å². The first-order valence-electron chi connectivity index (χ1n) is 11.7. The third-order valence-corrected chi connectivity index (χ3v) is 6.56. The number of benzene rings is 3. The molecule has 0 saturated carbocycles. The average Bonchev–Trinajstić information content (AvgIpc) is 3.29. The predicted octanol–water partition coefficient (Wildman–Crippen LogP) is 4.84. The number of hydrogen-bond donors (Lipinski definition) is 2. The number of rotatable bonds is 7. The van der Waals surface area contributed by atoms with Gasteiger partial charge in [0.2, 0.25) is 5.91 Å². The molecule has 4 aromatic rings. The van der Waals surface area contributed by atoms with Crippen molar-refractivity contribution in [1.82, 2.24) is 25.6 Å². The first-order chi connectivity index (χ1) is 17.3. The van der Waals surface area contributed by atoms with Gasteiger partial charge >= 0.3 is 0 Å². The fraction of sp³-hybridized carbons (Fsp3) is 0.214. The van der Waals surface area contributed by atoms with Crippen molar-refractivity contribution in [3.8, 4) is 11.4 Å². The van der Waals surface area contributed by atoms with Crippen LogP contribution in [0.1, 0.15) is 42.3 Å². The summed E-state index contributed by atoms with van der Waals surface area (Å²) in [7, 11) is 0. The Bertz CT molecular complexity index is 1310. The summed E-state index contributed by atoms with van der Waals surface area (Å²) in [6.45, 7) is 7.12. The second kappa shape index (κ2) is 11.2. The molecule has 2 amide bonds. The summed E-state index contributed by atoms with van der Waals surface area (Å²) < 4.78 is 2.02. The summed E-state index contributed by atoms with van der Waals surface area (Å²) in [5, 5.41) is 9.46. The molecule has 36 heavy (non-hydrogen) atoms. The lowest BCUT2D eigenvalue weighted by molar-refractivity contribution is -0.119. The van der Waals surface area contributed by atoms with Gasteiger partial charge < -0.3 is 0 Å². The Labute approximate surface area is 215 Å². The third kappa shape index (κ3) is 6.40. The van der Waals surface area contributed by atoms with Crippen molar-refractivity contribution in [3.05, 3.63) is 102 Å². The van der Waals surface area contributed by atoms with E-state index in [1.165, 1.54) is 17.3 Å². The molecule has 0 aliphatic rings. The van der Waals surface area contributed by atoms with E-state index in [4.69, 9.17) is 0 Å². The van der Waals surface area contributed by atoms with Gasteiger partial charge in [0.1, 0.15) is 0 Å². The number of carbonyl (C=O) groups is 2. The van der Waals surface area contributed by atoms with Crippen molar-refractivity contribution in [3.63, 3.8) is 0 Å². The van der Waals surface area contributed by atoms with E-state index in [1.807, 2.05) is 41.0 Å². The summed E-state index contributed by atoms with van der Waals surface area (Å²) in [6, 6.07) is 27.1. The number of aromatic nitrogens is 3. The van der Waals surface area contributed by atoms with E-state index in [1.54, 1.807) is 24.3 Å². The van der Waals surface area contributed by atoms with Gasteiger partial charge in [0, 0.05) is 11.1 Å². The normalized spacial score (nSPS) is 11.2. The van der Waals surface area contributed by atoms with Crippen molar-refractivity contribution in [1.29, 1.82) is 0 Å². The van der Waals surface area contributed by atoms with Crippen LogP contribution in [-0.2, 0) is 16.8 Å². The second-order valence-electron chi connectivity index (χ2n) is 9.36. The van der Waals surface area contributed by atoms with Gasteiger partial charge in [0.05, 0.1) is 12.3 Å². The summed E-state index contributed by atoms with van der Waals surface area (Å²) in [5.41, 5.74) is 8.73. The van der Waals surface area contributed by atoms with Crippen molar-refractivity contribution in [2.24, 2.45) is 0 Å². The topological polar surface area (TPSA) is 88.9 Å². The zero-order valence-electron chi connectivity index (χ0n) is 20.6. The SMILES string of the molecule is CC(C)(C)c1ccc(-c2nnc(SCC(=O)NNC(=O)c3ccccc3)n2Cc2ccccc2)cc1. The van der Waals surface area contributed by atoms with E-state index in [-0.39, 0.29) is 23.0 Å². The molecule has 0 saturated heterocycles. The Hall–Kier alpha value is -3.91. The molecule has 0 aliphatic carbocycles. The molecule has 0 unspecified atom stereocenters. The Morgan fingerprint density at radius 1 is 0.833 bits per heavy atom. The Morgan fingerprint density at radius 3 is 2.11 bits per heavy atom. The van der Waals surface area contributed by atoms with Crippen molar-refractivity contribution < 1.29 is 9.59 Å². The summed E-state index contributed by atoms with van der Waals surface area (Å²) in [5.74, 6) is 0.0988. The zero-order chi connectivity index (χ0) is 25.5. The van der Waals surface area contributed by atoms with Crippen molar-refractivity contribution in [2.45, 2.75) is 37.9 Å². The molecule has 8 heteroatoms. The molecule has 2 N–H and O–H groups in total. The highest BCUT2D eigenvalue weighted by Crippen LogP contribution is 2.28. The van der Waals surface area contributed by atoms with Gasteiger partial charge in [-0.2, -0.15) is 0 Å². The molecule has 0 aliphatic heterocycles. The highest BCUT2D eigenvalue weighted by molar-refractivity contribution is 7.99. The highest BCUT2D eigenvalue weighted by atomic mass is 32.2. The third-order valence-electron chi connectivity index (χ3n) is 5.59. The molecule has 3 aromatic carbocycles. The fourth-order valence-electron chi connectivity index (χ4n) is 3.59. The van der Waals surface area contributed by atoms with Gasteiger partial charge in [-0.25, -0.2) is 0 Å². The van der Waals surface area contributed by atoms with Crippen molar-refractivity contribution >= 4 is 23.6 Å².